The Balaban J connectivity index is 0.00000235. The Morgan fingerprint density at radius 1 is 1.25 bits per heavy atom. The standard InChI is InChI=1S/C17H24F2N4O2.H4N2.H2O/c1-17(2,3)25-16(24)22-13-8-7-10(9-21-15(13)23-20)11-5-4-6-12(18)14(11)19;1-2;/h4-6,10,13H,7-9,20H2,1-3H3,(H,21,23)(H,22,24);1-2H2;1H2/t10-,13-;;/m1../s1. The van der Waals surface area contributed by atoms with Crippen LogP contribution in [0.2, 0.25) is 0 Å². The van der Waals surface area contributed by atoms with Crippen LogP contribution in [0.5, 0.6) is 0 Å². The number of carbonyl (C=O) groups is 1. The fourth-order valence-electron chi connectivity index (χ4n) is 2.74. The number of nitrogens with two attached hydrogens (primary N) is 3. The highest BCUT2D eigenvalue weighted by atomic mass is 19.2. The molecule has 1 amide bonds. The molecule has 11 heteroatoms. The van der Waals surface area contributed by atoms with Crippen LogP contribution >= 0.6 is 0 Å². The van der Waals surface area contributed by atoms with Crippen molar-refractivity contribution in [2.45, 2.75) is 51.2 Å². The molecular weight excluding hydrogens is 374 g/mol. The number of hydrazine groups is 2. The van der Waals surface area contributed by atoms with Gasteiger partial charge in [-0.05, 0) is 45.2 Å². The summed E-state index contributed by atoms with van der Waals surface area (Å²) in [7, 11) is 0. The van der Waals surface area contributed by atoms with E-state index in [1.807, 2.05) is 0 Å². The van der Waals surface area contributed by atoms with Gasteiger partial charge in [0.15, 0.2) is 11.6 Å². The van der Waals surface area contributed by atoms with Crippen LogP contribution in [0.4, 0.5) is 13.6 Å². The zero-order valence-corrected chi connectivity index (χ0v) is 16.3. The van der Waals surface area contributed by atoms with Crippen LogP contribution in [0.25, 0.3) is 0 Å². The Bertz CT molecular complexity index is 667. The second-order valence-corrected chi connectivity index (χ2v) is 6.99. The SMILES string of the molecule is CC(C)(C)OC(=O)N[C@@H]1CC[C@@H](c2cccc(F)c2F)CN=C1NN.NN.O. The summed E-state index contributed by atoms with van der Waals surface area (Å²) in [6, 6.07) is 3.62. The maximum absolute atomic E-state index is 14.0. The molecule has 0 aromatic heterocycles. The Labute approximate surface area is 162 Å². The molecule has 0 aliphatic carbocycles. The van der Waals surface area contributed by atoms with E-state index in [9.17, 15) is 13.6 Å². The number of aliphatic imine (C=N–C) groups is 1. The maximum atomic E-state index is 14.0. The van der Waals surface area contributed by atoms with Crippen molar-refractivity contribution in [1.82, 2.24) is 10.7 Å². The van der Waals surface area contributed by atoms with Crippen LogP contribution < -0.4 is 28.3 Å². The summed E-state index contributed by atoms with van der Waals surface area (Å²) in [5.41, 5.74) is 2.12. The van der Waals surface area contributed by atoms with Gasteiger partial charge in [-0.2, -0.15) is 0 Å². The van der Waals surface area contributed by atoms with Gasteiger partial charge >= 0.3 is 6.09 Å². The molecule has 2 atom stereocenters. The Kier molecular flexibility index (Phi) is 10.5. The quantitative estimate of drug-likeness (QED) is 0.356. The number of hydrogen-bond donors (Lipinski definition) is 5. The van der Waals surface area contributed by atoms with Gasteiger partial charge in [-0.25, -0.2) is 19.4 Å². The zero-order chi connectivity index (χ0) is 20.6. The Morgan fingerprint density at radius 2 is 1.89 bits per heavy atom. The molecule has 1 aliphatic heterocycles. The highest BCUT2D eigenvalue weighted by Crippen LogP contribution is 2.28. The first-order valence-electron chi connectivity index (χ1n) is 8.49. The first-order chi connectivity index (χ1) is 12.7. The molecule has 1 heterocycles. The van der Waals surface area contributed by atoms with E-state index in [-0.39, 0.29) is 23.5 Å². The summed E-state index contributed by atoms with van der Waals surface area (Å²) in [5.74, 6) is 11.8. The van der Waals surface area contributed by atoms with Crippen LogP contribution in [0.3, 0.4) is 0 Å². The van der Waals surface area contributed by atoms with E-state index >= 15 is 0 Å². The van der Waals surface area contributed by atoms with Gasteiger partial charge in [0.05, 0.1) is 6.04 Å². The van der Waals surface area contributed by atoms with Crippen molar-refractivity contribution in [3.63, 3.8) is 0 Å². The number of alkyl carbamates (subject to hydrolysis) is 1. The molecule has 0 unspecified atom stereocenters. The predicted octanol–water partition coefficient (Wildman–Crippen LogP) is 0.591. The second-order valence-electron chi connectivity index (χ2n) is 6.99. The minimum atomic E-state index is -0.883. The smallest absolute Gasteiger partial charge is 0.408 e. The van der Waals surface area contributed by atoms with E-state index in [0.717, 1.165) is 6.07 Å². The number of rotatable bonds is 2. The van der Waals surface area contributed by atoms with E-state index < -0.39 is 29.4 Å². The molecule has 10 N–H and O–H groups in total. The lowest BCUT2D eigenvalue weighted by molar-refractivity contribution is 0.0515. The van der Waals surface area contributed by atoms with Crippen LogP contribution in [0.15, 0.2) is 23.2 Å². The molecule has 2 rings (SSSR count). The summed E-state index contributed by atoms with van der Waals surface area (Å²) in [6.45, 7) is 5.53. The molecule has 160 valence electrons. The van der Waals surface area contributed by atoms with Gasteiger partial charge in [-0.1, -0.05) is 12.1 Å². The topological polar surface area (TPSA) is 172 Å². The number of nitrogens with zero attached hydrogens (tertiary/aromatic N) is 1. The molecule has 0 saturated heterocycles. The number of amidine groups is 1. The highest BCUT2D eigenvalue weighted by Gasteiger charge is 2.28. The van der Waals surface area contributed by atoms with Gasteiger partial charge in [0.25, 0.3) is 0 Å². The molecule has 1 aromatic rings. The Morgan fingerprint density at radius 3 is 2.46 bits per heavy atom. The summed E-state index contributed by atoms with van der Waals surface area (Å²) < 4.78 is 32.7. The maximum Gasteiger partial charge on any atom is 0.408 e. The van der Waals surface area contributed by atoms with E-state index in [2.05, 4.69) is 27.4 Å². The number of carbonyl (C=O) groups excluding carboxylic acids is 1. The van der Waals surface area contributed by atoms with Crippen molar-refractivity contribution in [2.75, 3.05) is 6.54 Å². The fraction of sp³-hybridized carbons (Fsp3) is 0.529. The largest absolute Gasteiger partial charge is 0.444 e. The van der Waals surface area contributed by atoms with Gasteiger partial charge in [0.1, 0.15) is 11.4 Å². The highest BCUT2D eigenvalue weighted by molar-refractivity contribution is 5.90. The average Bonchev–Trinajstić information content (AvgIpc) is 2.79. The van der Waals surface area contributed by atoms with Crippen LogP contribution in [-0.2, 0) is 4.74 Å². The first kappa shape index (κ1) is 25.7. The lowest BCUT2D eigenvalue weighted by atomic mass is 9.93. The second kappa shape index (κ2) is 11.5. The van der Waals surface area contributed by atoms with Gasteiger partial charge in [-0.3, -0.25) is 16.7 Å². The third-order valence-electron chi connectivity index (χ3n) is 3.88. The lowest BCUT2D eigenvalue weighted by Crippen LogP contribution is -2.49. The molecule has 9 nitrogen and oxygen atoms in total. The van der Waals surface area contributed by atoms with Gasteiger partial charge in [0, 0.05) is 12.5 Å². The van der Waals surface area contributed by atoms with Crippen LogP contribution in [-0.4, -0.2) is 35.6 Å². The van der Waals surface area contributed by atoms with Crippen LogP contribution in [0, 0.1) is 11.6 Å². The van der Waals surface area contributed by atoms with E-state index in [4.69, 9.17) is 10.6 Å². The number of nitrogens with one attached hydrogen (secondary N) is 2. The average molecular weight is 404 g/mol. The normalized spacial score (nSPS) is 19.1. The minimum Gasteiger partial charge on any atom is -0.444 e. The van der Waals surface area contributed by atoms with Crippen LogP contribution in [0.1, 0.15) is 45.1 Å². The number of hydrogen-bond acceptors (Lipinski definition) is 7. The molecular formula is C17H30F2N6O3. The lowest BCUT2D eigenvalue weighted by Gasteiger charge is -2.23. The van der Waals surface area contributed by atoms with Crippen molar-refractivity contribution >= 4 is 11.9 Å². The number of halogens is 2. The van der Waals surface area contributed by atoms with Crippen molar-refractivity contribution in [2.24, 2.45) is 22.5 Å². The summed E-state index contributed by atoms with van der Waals surface area (Å²) in [5, 5.41) is 2.71. The van der Waals surface area contributed by atoms with Gasteiger partial charge in [-0.15, -0.1) is 0 Å². The van der Waals surface area contributed by atoms with Gasteiger partial charge < -0.3 is 21.0 Å². The number of ether oxygens (including phenoxy) is 1. The summed E-state index contributed by atoms with van der Waals surface area (Å²) in [6.07, 6.45) is 0.383. The minimum absolute atomic E-state index is 0. The third-order valence-corrected chi connectivity index (χ3v) is 3.88. The molecule has 1 aliphatic rings. The number of benzene rings is 1. The van der Waals surface area contributed by atoms with Crippen molar-refractivity contribution in [3.05, 3.63) is 35.4 Å². The van der Waals surface area contributed by atoms with Crippen molar-refractivity contribution < 1.29 is 23.8 Å². The van der Waals surface area contributed by atoms with Crippen molar-refractivity contribution in [1.29, 1.82) is 0 Å². The Hall–Kier alpha value is -2.34. The first-order valence-corrected chi connectivity index (χ1v) is 8.49. The van der Waals surface area contributed by atoms with Gasteiger partial charge in [0.2, 0.25) is 0 Å². The summed E-state index contributed by atoms with van der Waals surface area (Å²) in [4.78, 5) is 16.3. The zero-order valence-electron chi connectivity index (χ0n) is 16.3. The molecule has 0 radical (unpaired) electrons. The molecule has 0 spiro atoms. The predicted molar refractivity (Wildman–Crippen MR) is 103 cm³/mol. The molecule has 0 bridgehead atoms. The molecule has 1 aromatic carbocycles. The fourth-order valence-corrected chi connectivity index (χ4v) is 2.74. The number of amides is 1. The monoisotopic (exact) mass is 404 g/mol. The molecule has 0 fully saturated rings. The molecule has 0 saturated carbocycles. The summed E-state index contributed by atoms with van der Waals surface area (Å²) >= 11 is 0. The molecule has 28 heavy (non-hydrogen) atoms. The van der Waals surface area contributed by atoms with E-state index in [1.54, 1.807) is 26.8 Å². The third kappa shape index (κ3) is 7.35. The van der Waals surface area contributed by atoms with E-state index in [1.165, 1.54) is 6.07 Å². The van der Waals surface area contributed by atoms with Crippen molar-refractivity contribution in [3.8, 4) is 0 Å². The van der Waals surface area contributed by atoms with E-state index in [0.29, 0.717) is 18.7 Å².